The molecule has 0 aliphatic rings. The van der Waals surface area contributed by atoms with Gasteiger partial charge in [-0.05, 0) is 54.4 Å². The molecule has 0 bridgehead atoms. The molecule has 4 rings (SSSR count). The summed E-state index contributed by atoms with van der Waals surface area (Å²) in [6.07, 6.45) is 2.27. The molecule has 172 valence electrons. The predicted octanol–water partition coefficient (Wildman–Crippen LogP) is 5.91. The zero-order chi connectivity index (χ0) is 23.6. The molecule has 0 radical (unpaired) electrons. The summed E-state index contributed by atoms with van der Waals surface area (Å²) in [5.74, 6) is 0.525. The van der Waals surface area contributed by atoms with Gasteiger partial charge in [0.25, 0.3) is 0 Å². The highest BCUT2D eigenvalue weighted by Gasteiger charge is 2.20. The van der Waals surface area contributed by atoms with Crippen LogP contribution in [0.15, 0.2) is 103 Å². The van der Waals surface area contributed by atoms with Gasteiger partial charge in [-0.1, -0.05) is 60.7 Å². The SMILES string of the molecule is CCOC(=O)[C@H](Cc1ccccc1)Nc1ccnc(-c2ccc(OCc3ccccc3)cc2)c1. The molecule has 1 heterocycles. The number of anilines is 1. The zero-order valence-corrected chi connectivity index (χ0v) is 19.2. The molecule has 0 fully saturated rings. The van der Waals surface area contributed by atoms with E-state index in [2.05, 4.69) is 10.3 Å². The van der Waals surface area contributed by atoms with Crippen LogP contribution in [0.2, 0.25) is 0 Å². The van der Waals surface area contributed by atoms with E-state index in [1.165, 1.54) is 0 Å². The van der Waals surface area contributed by atoms with Gasteiger partial charge in [0.05, 0.1) is 12.3 Å². The minimum Gasteiger partial charge on any atom is -0.489 e. The molecule has 0 spiro atoms. The fraction of sp³-hybridized carbons (Fsp3) is 0.172. The molecular weight excluding hydrogens is 424 g/mol. The minimum absolute atomic E-state index is 0.273. The highest BCUT2D eigenvalue weighted by Crippen LogP contribution is 2.24. The van der Waals surface area contributed by atoms with Crippen LogP contribution in [0.3, 0.4) is 0 Å². The molecule has 5 heteroatoms. The molecular formula is C29H28N2O3. The number of carbonyl (C=O) groups excluding carboxylic acids is 1. The third-order valence-corrected chi connectivity index (χ3v) is 5.35. The molecule has 1 aromatic heterocycles. The van der Waals surface area contributed by atoms with Crippen LogP contribution in [-0.4, -0.2) is 23.6 Å². The molecule has 0 saturated heterocycles. The Kier molecular flexibility index (Phi) is 7.90. The van der Waals surface area contributed by atoms with E-state index in [0.717, 1.165) is 33.8 Å². The lowest BCUT2D eigenvalue weighted by molar-refractivity contribution is -0.144. The number of nitrogens with zero attached hydrogens (tertiary/aromatic N) is 1. The maximum atomic E-state index is 12.6. The molecule has 5 nitrogen and oxygen atoms in total. The Labute approximate surface area is 200 Å². The monoisotopic (exact) mass is 452 g/mol. The van der Waals surface area contributed by atoms with Gasteiger partial charge in [-0.15, -0.1) is 0 Å². The van der Waals surface area contributed by atoms with Crippen LogP contribution in [0.5, 0.6) is 5.75 Å². The lowest BCUT2D eigenvalue weighted by atomic mass is 10.1. The Bertz CT molecular complexity index is 1180. The van der Waals surface area contributed by atoms with Crippen molar-refractivity contribution >= 4 is 11.7 Å². The second-order valence-corrected chi connectivity index (χ2v) is 7.87. The van der Waals surface area contributed by atoms with Crippen molar-refractivity contribution in [1.82, 2.24) is 4.98 Å². The maximum absolute atomic E-state index is 12.6. The molecule has 0 saturated carbocycles. The van der Waals surface area contributed by atoms with Gasteiger partial charge < -0.3 is 14.8 Å². The Hall–Kier alpha value is -4.12. The number of aromatic nitrogens is 1. The number of esters is 1. The van der Waals surface area contributed by atoms with Crippen LogP contribution in [0.1, 0.15) is 18.1 Å². The van der Waals surface area contributed by atoms with E-state index in [4.69, 9.17) is 9.47 Å². The largest absolute Gasteiger partial charge is 0.489 e. The van der Waals surface area contributed by atoms with Crippen LogP contribution >= 0.6 is 0 Å². The molecule has 1 N–H and O–H groups in total. The van der Waals surface area contributed by atoms with E-state index in [0.29, 0.717) is 19.6 Å². The number of pyridine rings is 1. The summed E-state index contributed by atoms with van der Waals surface area (Å²) in [4.78, 5) is 17.1. The Morgan fingerprint density at radius 1 is 0.882 bits per heavy atom. The third-order valence-electron chi connectivity index (χ3n) is 5.35. The van der Waals surface area contributed by atoms with E-state index in [9.17, 15) is 4.79 Å². The van der Waals surface area contributed by atoms with Crippen LogP contribution in [-0.2, 0) is 22.6 Å². The number of carbonyl (C=O) groups is 1. The van der Waals surface area contributed by atoms with Gasteiger partial charge in [0.2, 0.25) is 0 Å². The summed E-state index contributed by atoms with van der Waals surface area (Å²) in [5, 5.41) is 3.33. The second-order valence-electron chi connectivity index (χ2n) is 7.87. The van der Waals surface area contributed by atoms with Gasteiger partial charge in [0.1, 0.15) is 18.4 Å². The van der Waals surface area contributed by atoms with Gasteiger partial charge in [-0.2, -0.15) is 0 Å². The first-order valence-electron chi connectivity index (χ1n) is 11.4. The predicted molar refractivity (Wildman–Crippen MR) is 135 cm³/mol. The molecule has 0 aliphatic carbocycles. The number of benzene rings is 3. The number of ether oxygens (including phenoxy) is 2. The number of rotatable bonds is 10. The van der Waals surface area contributed by atoms with E-state index >= 15 is 0 Å². The average Bonchev–Trinajstić information content (AvgIpc) is 2.89. The number of hydrogen-bond donors (Lipinski definition) is 1. The van der Waals surface area contributed by atoms with Crippen molar-refractivity contribution < 1.29 is 14.3 Å². The highest BCUT2D eigenvalue weighted by molar-refractivity contribution is 5.80. The molecule has 0 aliphatic heterocycles. The first kappa shape index (κ1) is 23.1. The number of nitrogens with one attached hydrogen (secondary N) is 1. The highest BCUT2D eigenvalue weighted by atomic mass is 16.5. The molecule has 1 atom stereocenters. The molecule has 0 unspecified atom stereocenters. The maximum Gasteiger partial charge on any atom is 0.328 e. The number of hydrogen-bond acceptors (Lipinski definition) is 5. The normalized spacial score (nSPS) is 11.4. The second kappa shape index (κ2) is 11.7. The quantitative estimate of drug-likeness (QED) is 0.303. The van der Waals surface area contributed by atoms with Crippen molar-refractivity contribution in [3.05, 3.63) is 114 Å². The third kappa shape index (κ3) is 6.45. The van der Waals surface area contributed by atoms with Crippen molar-refractivity contribution in [3.63, 3.8) is 0 Å². The molecule has 4 aromatic rings. The summed E-state index contributed by atoms with van der Waals surface area (Å²) in [6.45, 7) is 2.68. The minimum atomic E-state index is -0.494. The van der Waals surface area contributed by atoms with Crippen molar-refractivity contribution in [2.45, 2.75) is 26.0 Å². The summed E-state index contributed by atoms with van der Waals surface area (Å²) >= 11 is 0. The average molecular weight is 453 g/mol. The molecule has 3 aromatic carbocycles. The molecule has 34 heavy (non-hydrogen) atoms. The van der Waals surface area contributed by atoms with E-state index < -0.39 is 6.04 Å². The topological polar surface area (TPSA) is 60.5 Å². The smallest absolute Gasteiger partial charge is 0.328 e. The zero-order valence-electron chi connectivity index (χ0n) is 19.2. The summed E-state index contributed by atoms with van der Waals surface area (Å²) in [5.41, 5.74) is 4.77. The van der Waals surface area contributed by atoms with Crippen LogP contribution in [0.25, 0.3) is 11.3 Å². The van der Waals surface area contributed by atoms with Crippen LogP contribution in [0.4, 0.5) is 5.69 Å². The van der Waals surface area contributed by atoms with Crippen molar-refractivity contribution in [2.75, 3.05) is 11.9 Å². The van der Waals surface area contributed by atoms with E-state index in [1.54, 1.807) is 6.20 Å². The Morgan fingerprint density at radius 3 is 2.24 bits per heavy atom. The van der Waals surface area contributed by atoms with Gasteiger partial charge in [0, 0.05) is 23.9 Å². The van der Waals surface area contributed by atoms with Crippen molar-refractivity contribution in [3.8, 4) is 17.0 Å². The van der Waals surface area contributed by atoms with Gasteiger partial charge in [-0.3, -0.25) is 4.98 Å². The Balaban J connectivity index is 1.45. The van der Waals surface area contributed by atoms with E-state index in [1.807, 2.05) is 104 Å². The fourth-order valence-electron chi connectivity index (χ4n) is 3.63. The lowest BCUT2D eigenvalue weighted by Gasteiger charge is -2.19. The Morgan fingerprint density at radius 2 is 1.56 bits per heavy atom. The van der Waals surface area contributed by atoms with Gasteiger partial charge >= 0.3 is 5.97 Å². The van der Waals surface area contributed by atoms with Crippen LogP contribution in [0, 0.1) is 0 Å². The standard InChI is InChI=1S/C29H28N2O3/c1-2-33-29(32)28(19-22-9-5-3-6-10-22)31-25-17-18-30-27(20-25)24-13-15-26(16-14-24)34-21-23-11-7-4-8-12-23/h3-18,20,28H,2,19,21H2,1H3,(H,30,31)/t28-/m0/s1. The summed E-state index contributed by atoms with van der Waals surface area (Å²) in [6, 6.07) is 31.1. The fourth-order valence-corrected chi connectivity index (χ4v) is 3.63. The summed E-state index contributed by atoms with van der Waals surface area (Å²) < 4.78 is 11.2. The lowest BCUT2D eigenvalue weighted by Crippen LogP contribution is -2.33. The van der Waals surface area contributed by atoms with Crippen LogP contribution < -0.4 is 10.1 Å². The van der Waals surface area contributed by atoms with Crippen molar-refractivity contribution in [2.24, 2.45) is 0 Å². The van der Waals surface area contributed by atoms with Gasteiger partial charge in [0.15, 0.2) is 0 Å². The van der Waals surface area contributed by atoms with E-state index in [-0.39, 0.29) is 5.97 Å². The van der Waals surface area contributed by atoms with Gasteiger partial charge in [-0.25, -0.2) is 4.79 Å². The summed E-state index contributed by atoms with van der Waals surface area (Å²) in [7, 11) is 0. The van der Waals surface area contributed by atoms with Crippen molar-refractivity contribution in [1.29, 1.82) is 0 Å². The first-order chi connectivity index (χ1) is 16.7. The molecule has 0 amide bonds. The first-order valence-corrected chi connectivity index (χ1v) is 11.4.